The Hall–Kier alpha value is -4.04. The Morgan fingerprint density at radius 3 is 2.24 bits per heavy atom. The molecule has 0 N–H and O–H groups in total. The number of rotatable bonds is 7. The normalized spacial score (nSPS) is 15.5. The van der Waals surface area contributed by atoms with E-state index in [1.807, 2.05) is 58.9 Å². The van der Waals surface area contributed by atoms with Crippen molar-refractivity contribution in [1.82, 2.24) is 9.47 Å². The SMILES string of the molecule is CC(OC(=O)OC(C)(C)C(C)(C)C)n1c(=O)oc2c(N3CCN(Cc4cccc(-c5ccccc5)c4)CC3)cccc21. The lowest BCUT2D eigenvalue weighted by Crippen LogP contribution is -2.46. The molecule has 42 heavy (non-hydrogen) atoms. The second-order valence-corrected chi connectivity index (χ2v) is 12.5. The molecule has 222 valence electrons. The summed E-state index contributed by atoms with van der Waals surface area (Å²) in [6, 6.07) is 24.8. The molecule has 1 aliphatic heterocycles. The van der Waals surface area contributed by atoms with Crippen LogP contribution in [0.4, 0.5) is 10.5 Å². The van der Waals surface area contributed by atoms with Gasteiger partial charge in [0.15, 0.2) is 11.8 Å². The van der Waals surface area contributed by atoms with Crippen LogP contribution in [-0.4, -0.2) is 47.4 Å². The minimum Gasteiger partial charge on any atom is -0.428 e. The maximum Gasteiger partial charge on any atom is 0.510 e. The van der Waals surface area contributed by atoms with Gasteiger partial charge in [-0.3, -0.25) is 4.90 Å². The van der Waals surface area contributed by atoms with Gasteiger partial charge in [-0.15, -0.1) is 0 Å². The van der Waals surface area contributed by atoms with E-state index in [9.17, 15) is 9.59 Å². The Morgan fingerprint density at radius 1 is 0.881 bits per heavy atom. The Bertz CT molecular complexity index is 1590. The summed E-state index contributed by atoms with van der Waals surface area (Å²) in [5.74, 6) is -0.579. The Morgan fingerprint density at radius 2 is 1.55 bits per heavy atom. The molecule has 1 saturated heterocycles. The van der Waals surface area contributed by atoms with Crippen LogP contribution in [-0.2, 0) is 16.0 Å². The molecule has 8 heteroatoms. The van der Waals surface area contributed by atoms with E-state index in [2.05, 4.69) is 58.3 Å². The number of para-hydroxylation sites is 1. The zero-order valence-electron chi connectivity index (χ0n) is 25.4. The molecule has 1 aliphatic rings. The third-order valence-electron chi connectivity index (χ3n) is 8.55. The smallest absolute Gasteiger partial charge is 0.428 e. The maximum absolute atomic E-state index is 13.0. The molecular formula is C34H41N3O5. The van der Waals surface area contributed by atoms with Crippen molar-refractivity contribution in [3.8, 4) is 11.1 Å². The Balaban J connectivity index is 1.26. The maximum atomic E-state index is 13.0. The van der Waals surface area contributed by atoms with Crippen molar-refractivity contribution < 1.29 is 18.7 Å². The van der Waals surface area contributed by atoms with E-state index in [-0.39, 0.29) is 5.41 Å². The lowest BCUT2D eigenvalue weighted by molar-refractivity contribution is -0.0887. The number of oxazole rings is 1. The predicted octanol–water partition coefficient (Wildman–Crippen LogP) is 7.08. The van der Waals surface area contributed by atoms with Crippen LogP contribution in [0.5, 0.6) is 0 Å². The number of hydrogen-bond donors (Lipinski definition) is 0. The summed E-state index contributed by atoms with van der Waals surface area (Å²) in [5, 5.41) is 0. The second kappa shape index (κ2) is 11.7. The summed E-state index contributed by atoms with van der Waals surface area (Å²) in [6.07, 6.45) is -1.73. The molecule has 0 saturated carbocycles. The van der Waals surface area contributed by atoms with Crippen LogP contribution in [0.25, 0.3) is 22.2 Å². The van der Waals surface area contributed by atoms with Crippen LogP contribution < -0.4 is 10.7 Å². The van der Waals surface area contributed by atoms with E-state index in [1.54, 1.807) is 6.92 Å². The molecule has 0 aliphatic carbocycles. The van der Waals surface area contributed by atoms with Crippen LogP contribution in [0, 0.1) is 5.41 Å². The highest BCUT2D eigenvalue weighted by molar-refractivity contribution is 5.87. The first kappa shape index (κ1) is 29.5. The molecule has 2 heterocycles. The molecule has 0 bridgehead atoms. The number of ether oxygens (including phenoxy) is 2. The number of aromatic nitrogens is 1. The van der Waals surface area contributed by atoms with E-state index in [1.165, 1.54) is 21.3 Å². The van der Waals surface area contributed by atoms with Crippen LogP contribution in [0.2, 0.25) is 0 Å². The lowest BCUT2D eigenvalue weighted by Gasteiger charge is -2.37. The fourth-order valence-electron chi connectivity index (χ4n) is 5.10. The number of carbonyl (C=O) groups excluding carboxylic acids is 1. The minimum atomic E-state index is -0.902. The highest BCUT2D eigenvalue weighted by Gasteiger charge is 2.38. The molecule has 0 radical (unpaired) electrons. The van der Waals surface area contributed by atoms with Gasteiger partial charge in [0.2, 0.25) is 0 Å². The van der Waals surface area contributed by atoms with Crippen molar-refractivity contribution in [2.45, 2.75) is 59.9 Å². The van der Waals surface area contributed by atoms with Gasteiger partial charge in [0, 0.05) is 38.1 Å². The monoisotopic (exact) mass is 571 g/mol. The quantitative estimate of drug-likeness (QED) is 0.219. The van der Waals surface area contributed by atoms with Crippen LogP contribution in [0.15, 0.2) is 82.0 Å². The Kier molecular flexibility index (Phi) is 8.19. The van der Waals surface area contributed by atoms with Crippen molar-refractivity contribution in [3.63, 3.8) is 0 Å². The van der Waals surface area contributed by atoms with Crippen molar-refractivity contribution >= 4 is 22.9 Å². The molecule has 1 fully saturated rings. The average molecular weight is 572 g/mol. The van der Waals surface area contributed by atoms with Gasteiger partial charge < -0.3 is 18.8 Å². The third kappa shape index (κ3) is 6.23. The van der Waals surface area contributed by atoms with E-state index < -0.39 is 23.7 Å². The molecule has 1 atom stereocenters. The summed E-state index contributed by atoms with van der Waals surface area (Å²) < 4.78 is 18.2. The van der Waals surface area contributed by atoms with Gasteiger partial charge in [-0.05, 0) is 55.7 Å². The van der Waals surface area contributed by atoms with Gasteiger partial charge in [-0.1, -0.05) is 75.4 Å². The first-order chi connectivity index (χ1) is 19.9. The zero-order chi connectivity index (χ0) is 30.1. The molecule has 8 nitrogen and oxygen atoms in total. The fraction of sp³-hybridized carbons (Fsp3) is 0.412. The highest BCUT2D eigenvalue weighted by atomic mass is 16.7. The molecular weight excluding hydrogens is 530 g/mol. The van der Waals surface area contributed by atoms with Crippen molar-refractivity contribution in [3.05, 3.63) is 88.9 Å². The van der Waals surface area contributed by atoms with E-state index >= 15 is 0 Å². The van der Waals surface area contributed by atoms with E-state index in [4.69, 9.17) is 13.9 Å². The van der Waals surface area contributed by atoms with E-state index in [0.717, 1.165) is 38.4 Å². The average Bonchev–Trinajstić information content (AvgIpc) is 3.29. The number of carbonyl (C=O) groups is 1. The van der Waals surface area contributed by atoms with Gasteiger partial charge >= 0.3 is 11.9 Å². The minimum absolute atomic E-state index is 0.292. The summed E-state index contributed by atoms with van der Waals surface area (Å²) >= 11 is 0. The topological polar surface area (TPSA) is 77.1 Å². The van der Waals surface area contributed by atoms with Gasteiger partial charge in [0.05, 0.1) is 11.2 Å². The molecule has 5 rings (SSSR count). The van der Waals surface area contributed by atoms with Crippen molar-refractivity contribution in [2.75, 3.05) is 31.1 Å². The molecule has 0 spiro atoms. The first-order valence-corrected chi connectivity index (χ1v) is 14.6. The van der Waals surface area contributed by atoms with Gasteiger partial charge in [-0.25, -0.2) is 14.2 Å². The fourth-order valence-corrected chi connectivity index (χ4v) is 5.10. The summed E-state index contributed by atoms with van der Waals surface area (Å²) in [4.78, 5) is 30.3. The van der Waals surface area contributed by atoms with Gasteiger partial charge in [0.25, 0.3) is 0 Å². The van der Waals surface area contributed by atoms with Crippen LogP contribution in [0.1, 0.15) is 53.3 Å². The molecule has 4 aromatic rings. The summed E-state index contributed by atoms with van der Waals surface area (Å²) in [6.45, 7) is 15.5. The van der Waals surface area contributed by atoms with Gasteiger partial charge in [-0.2, -0.15) is 0 Å². The molecule has 1 unspecified atom stereocenters. The first-order valence-electron chi connectivity index (χ1n) is 14.6. The van der Waals surface area contributed by atoms with E-state index in [0.29, 0.717) is 11.1 Å². The lowest BCUT2D eigenvalue weighted by atomic mass is 9.79. The number of piperazine rings is 1. The van der Waals surface area contributed by atoms with Crippen LogP contribution >= 0.6 is 0 Å². The number of nitrogens with zero attached hydrogens (tertiary/aromatic N) is 3. The number of benzene rings is 3. The summed E-state index contributed by atoms with van der Waals surface area (Å²) in [7, 11) is 0. The predicted molar refractivity (Wildman–Crippen MR) is 166 cm³/mol. The molecule has 0 amide bonds. The zero-order valence-corrected chi connectivity index (χ0v) is 25.4. The van der Waals surface area contributed by atoms with Gasteiger partial charge in [0.1, 0.15) is 5.60 Å². The second-order valence-electron chi connectivity index (χ2n) is 12.5. The standard InChI is InChI=1S/C34H41N3O5/c1-24(40-32(39)42-34(5,6)33(2,3)4)37-29-17-11-16-28(30(29)41-31(37)38)36-20-18-35(19-21-36)23-25-12-10-15-27(22-25)26-13-8-7-9-14-26/h7-17,22,24H,18-21,23H2,1-6H3. The number of fused-ring (bicyclic) bond motifs is 1. The largest absolute Gasteiger partial charge is 0.510 e. The van der Waals surface area contributed by atoms with Crippen molar-refractivity contribution in [1.29, 1.82) is 0 Å². The number of hydrogen-bond acceptors (Lipinski definition) is 7. The molecule has 1 aromatic heterocycles. The van der Waals surface area contributed by atoms with Crippen LogP contribution in [0.3, 0.4) is 0 Å². The summed E-state index contributed by atoms with van der Waals surface area (Å²) in [5.41, 5.74) is 4.61. The number of anilines is 1. The molecule has 3 aromatic carbocycles. The highest BCUT2D eigenvalue weighted by Crippen LogP contribution is 2.34. The third-order valence-corrected chi connectivity index (χ3v) is 8.55. The Labute approximate surface area is 247 Å². The van der Waals surface area contributed by atoms with Crippen molar-refractivity contribution in [2.24, 2.45) is 5.41 Å².